The molecule has 0 aliphatic carbocycles. The fraction of sp³-hybridized carbons (Fsp3) is 0.400. The van der Waals surface area contributed by atoms with Crippen LogP contribution in [0.5, 0.6) is 5.75 Å². The fourth-order valence-electron chi connectivity index (χ4n) is 3.76. The maximum atomic E-state index is 12.9. The van der Waals surface area contributed by atoms with Gasteiger partial charge in [0.2, 0.25) is 10.0 Å². The number of carbonyl (C=O) groups excluding carboxylic acids is 1. The molecule has 11 heteroatoms. The molecule has 10 nitrogen and oxygen atoms in total. The Bertz CT molecular complexity index is 1270. The van der Waals surface area contributed by atoms with Gasteiger partial charge in [-0.15, -0.1) is 0 Å². The molecule has 4 rings (SSSR count). The number of aromatic nitrogens is 2. The van der Waals surface area contributed by atoms with Crippen molar-refractivity contribution in [2.75, 3.05) is 26.2 Å². The Morgan fingerprint density at radius 3 is 2.77 bits per heavy atom. The molecule has 0 unspecified atom stereocenters. The van der Waals surface area contributed by atoms with Crippen molar-refractivity contribution in [1.82, 2.24) is 20.0 Å². The molecular formula is C20H24N4O6S. The second-order valence-corrected chi connectivity index (χ2v) is 9.16. The Kier molecular flexibility index (Phi) is 5.99. The highest BCUT2D eigenvalue weighted by Crippen LogP contribution is 2.31. The molecule has 0 bridgehead atoms. The number of benzene rings is 1. The first-order valence-electron chi connectivity index (χ1n) is 10.1. The average Bonchev–Trinajstić information content (AvgIpc) is 3.17. The predicted octanol–water partition coefficient (Wildman–Crippen LogP) is 1.82. The molecule has 2 aromatic heterocycles. The Hall–Kier alpha value is -2.89. The van der Waals surface area contributed by atoms with E-state index >= 15 is 0 Å². The third-order valence-corrected chi connectivity index (χ3v) is 6.79. The summed E-state index contributed by atoms with van der Waals surface area (Å²) in [6.07, 6.45) is 2.29. The van der Waals surface area contributed by atoms with Gasteiger partial charge < -0.3 is 24.8 Å². The molecule has 1 aliphatic rings. The summed E-state index contributed by atoms with van der Waals surface area (Å²) in [4.78, 5) is 29.7. The van der Waals surface area contributed by atoms with Crippen LogP contribution in [0.15, 0.2) is 34.1 Å². The number of nitrogens with one attached hydrogen (secondary N) is 4. The summed E-state index contributed by atoms with van der Waals surface area (Å²) in [6.45, 7) is 3.90. The summed E-state index contributed by atoms with van der Waals surface area (Å²) >= 11 is 0. The summed E-state index contributed by atoms with van der Waals surface area (Å²) in [7, 11) is -3.76. The monoisotopic (exact) mass is 448 g/mol. The molecule has 0 atom stereocenters. The Morgan fingerprint density at radius 2 is 2.03 bits per heavy atom. The summed E-state index contributed by atoms with van der Waals surface area (Å²) in [5, 5.41) is 3.99. The van der Waals surface area contributed by atoms with Crippen LogP contribution in [0.3, 0.4) is 0 Å². The van der Waals surface area contributed by atoms with Crippen molar-refractivity contribution in [3.63, 3.8) is 0 Å². The molecule has 3 aromatic rings. The van der Waals surface area contributed by atoms with Crippen LogP contribution in [0.25, 0.3) is 21.8 Å². The number of H-pyrrole nitrogens is 2. The van der Waals surface area contributed by atoms with E-state index in [1.54, 1.807) is 6.92 Å². The first kappa shape index (κ1) is 21.3. The van der Waals surface area contributed by atoms with Gasteiger partial charge in [0.25, 0.3) is 5.56 Å². The van der Waals surface area contributed by atoms with E-state index in [9.17, 15) is 18.0 Å². The van der Waals surface area contributed by atoms with Crippen molar-refractivity contribution in [1.29, 1.82) is 0 Å². The van der Waals surface area contributed by atoms with E-state index in [-0.39, 0.29) is 28.7 Å². The molecule has 4 N–H and O–H groups in total. The SMILES string of the molecule is CCOC(=O)Oc1c[nH]c2c(=O)[nH]c3ccc(S(=O)(=O)NCC4CCNCC4)cc3c12. The number of aromatic amines is 2. The zero-order valence-electron chi connectivity index (χ0n) is 17.0. The number of fused-ring (bicyclic) bond motifs is 3. The first-order chi connectivity index (χ1) is 14.9. The van der Waals surface area contributed by atoms with E-state index in [2.05, 4.69) is 20.0 Å². The normalized spacial score (nSPS) is 15.4. The molecular weight excluding hydrogens is 424 g/mol. The largest absolute Gasteiger partial charge is 0.513 e. The van der Waals surface area contributed by atoms with Gasteiger partial charge in [0, 0.05) is 23.6 Å². The number of hydrogen-bond acceptors (Lipinski definition) is 7. The van der Waals surface area contributed by atoms with Crippen LogP contribution < -0.4 is 20.3 Å². The molecule has 0 saturated carbocycles. The minimum atomic E-state index is -3.76. The number of ether oxygens (including phenoxy) is 2. The minimum absolute atomic E-state index is 0.0607. The predicted molar refractivity (Wildman–Crippen MR) is 115 cm³/mol. The van der Waals surface area contributed by atoms with Gasteiger partial charge in [0.15, 0.2) is 5.75 Å². The van der Waals surface area contributed by atoms with Gasteiger partial charge in [-0.05, 0) is 57.0 Å². The van der Waals surface area contributed by atoms with Gasteiger partial charge in [-0.1, -0.05) is 0 Å². The Morgan fingerprint density at radius 1 is 1.26 bits per heavy atom. The van der Waals surface area contributed by atoms with E-state index in [0.29, 0.717) is 22.8 Å². The zero-order chi connectivity index (χ0) is 22.0. The van der Waals surface area contributed by atoms with E-state index in [0.717, 1.165) is 25.9 Å². The lowest BCUT2D eigenvalue weighted by Crippen LogP contribution is -2.35. The standard InChI is InChI=1S/C20H24N4O6S/c1-2-29-20(26)30-16-11-22-18-17(16)14-9-13(3-4-15(14)24-19(18)25)31(27,28)23-10-12-5-7-21-8-6-12/h3-4,9,11-12,21-23H,2,5-8,10H2,1H3,(H,24,25). The van der Waals surface area contributed by atoms with E-state index < -0.39 is 21.7 Å². The summed E-state index contributed by atoms with van der Waals surface area (Å²) < 4.78 is 38.5. The van der Waals surface area contributed by atoms with Crippen molar-refractivity contribution in [3.8, 4) is 5.75 Å². The molecule has 1 saturated heterocycles. The summed E-state index contributed by atoms with van der Waals surface area (Å²) in [6, 6.07) is 4.42. The molecule has 1 fully saturated rings. The van der Waals surface area contributed by atoms with Crippen LogP contribution in [0, 0.1) is 5.92 Å². The van der Waals surface area contributed by atoms with Gasteiger partial charge in [0.1, 0.15) is 5.52 Å². The summed E-state index contributed by atoms with van der Waals surface area (Å²) in [5.41, 5.74) is 0.174. The van der Waals surface area contributed by atoms with Crippen molar-refractivity contribution < 1.29 is 22.7 Å². The molecule has 31 heavy (non-hydrogen) atoms. The smallest absolute Gasteiger partial charge is 0.434 e. The van der Waals surface area contributed by atoms with E-state index in [1.165, 1.54) is 24.4 Å². The van der Waals surface area contributed by atoms with Gasteiger partial charge in [-0.25, -0.2) is 17.9 Å². The topological polar surface area (TPSA) is 142 Å². The van der Waals surface area contributed by atoms with Gasteiger partial charge in [0.05, 0.1) is 16.9 Å². The van der Waals surface area contributed by atoms with Crippen LogP contribution >= 0.6 is 0 Å². The Labute approximate surface area is 178 Å². The average molecular weight is 449 g/mol. The molecule has 0 radical (unpaired) electrons. The van der Waals surface area contributed by atoms with Crippen molar-refractivity contribution in [3.05, 3.63) is 34.7 Å². The number of rotatable bonds is 6. The van der Waals surface area contributed by atoms with Crippen molar-refractivity contribution in [2.45, 2.75) is 24.7 Å². The van der Waals surface area contributed by atoms with Crippen LogP contribution in [0.4, 0.5) is 4.79 Å². The van der Waals surface area contributed by atoms with Gasteiger partial charge in [-0.2, -0.15) is 0 Å². The maximum absolute atomic E-state index is 12.9. The fourth-order valence-corrected chi connectivity index (χ4v) is 4.90. The third-order valence-electron chi connectivity index (χ3n) is 5.37. The maximum Gasteiger partial charge on any atom is 0.513 e. The molecule has 1 aliphatic heterocycles. The number of carbonyl (C=O) groups is 1. The first-order valence-corrected chi connectivity index (χ1v) is 11.6. The van der Waals surface area contributed by atoms with Crippen LogP contribution in [0.2, 0.25) is 0 Å². The molecule has 0 amide bonds. The highest BCUT2D eigenvalue weighted by Gasteiger charge is 2.21. The highest BCUT2D eigenvalue weighted by atomic mass is 32.2. The second kappa shape index (κ2) is 8.69. The number of piperidine rings is 1. The van der Waals surface area contributed by atoms with Crippen LogP contribution in [0.1, 0.15) is 19.8 Å². The molecule has 166 valence electrons. The number of sulfonamides is 1. The lowest BCUT2D eigenvalue weighted by Gasteiger charge is -2.22. The third kappa shape index (κ3) is 4.43. The highest BCUT2D eigenvalue weighted by molar-refractivity contribution is 7.89. The summed E-state index contributed by atoms with van der Waals surface area (Å²) in [5.74, 6) is 0.371. The lowest BCUT2D eigenvalue weighted by atomic mass is 9.99. The molecule has 1 aromatic carbocycles. The second-order valence-electron chi connectivity index (χ2n) is 7.39. The molecule has 3 heterocycles. The minimum Gasteiger partial charge on any atom is -0.434 e. The lowest BCUT2D eigenvalue weighted by molar-refractivity contribution is 0.105. The quantitative estimate of drug-likeness (QED) is 0.421. The van der Waals surface area contributed by atoms with Crippen LogP contribution in [-0.4, -0.2) is 50.8 Å². The number of hydrogen-bond donors (Lipinski definition) is 4. The van der Waals surface area contributed by atoms with Crippen molar-refractivity contribution >= 4 is 38.0 Å². The van der Waals surface area contributed by atoms with E-state index in [1.807, 2.05) is 0 Å². The van der Waals surface area contributed by atoms with Crippen molar-refractivity contribution in [2.24, 2.45) is 5.92 Å². The van der Waals surface area contributed by atoms with Crippen LogP contribution in [-0.2, 0) is 14.8 Å². The number of pyridine rings is 1. The van der Waals surface area contributed by atoms with Gasteiger partial charge in [-0.3, -0.25) is 4.79 Å². The Balaban J connectivity index is 1.72. The molecule has 0 spiro atoms. The van der Waals surface area contributed by atoms with Gasteiger partial charge >= 0.3 is 6.16 Å². The zero-order valence-corrected chi connectivity index (χ0v) is 17.8. The van der Waals surface area contributed by atoms with E-state index in [4.69, 9.17) is 9.47 Å².